The Morgan fingerprint density at radius 1 is 1.29 bits per heavy atom. The normalized spacial score (nSPS) is 24.6. The fraction of sp³-hybridized carbons (Fsp3) is 0.533. The molecular weight excluding hydrogens is 323 g/mol. The first-order valence-electron chi connectivity index (χ1n) is 6.50. The van der Waals surface area contributed by atoms with Crippen LogP contribution < -0.4 is 0 Å². The number of hydrogen-bond donors (Lipinski definition) is 0. The second-order valence-corrected chi connectivity index (χ2v) is 6.25. The number of Topliss-reactive ketones (excluding diaryl/α,β-unsaturated/α-hetero) is 1. The van der Waals surface area contributed by atoms with Gasteiger partial charge in [0, 0.05) is 15.1 Å². The summed E-state index contributed by atoms with van der Waals surface area (Å²) in [6.45, 7) is 2.26. The summed E-state index contributed by atoms with van der Waals surface area (Å²) < 4.78 is 1.15. The Labute approximate surface area is 117 Å². The number of rotatable bonds is 3. The molecule has 0 bridgehead atoms. The lowest BCUT2D eigenvalue weighted by atomic mass is 9.78. The fourth-order valence-corrected chi connectivity index (χ4v) is 3.25. The third-order valence-electron chi connectivity index (χ3n) is 3.90. The van der Waals surface area contributed by atoms with Gasteiger partial charge in [-0.2, -0.15) is 0 Å². The highest BCUT2D eigenvalue weighted by atomic mass is 127. The molecule has 0 aliphatic heterocycles. The molecule has 1 aliphatic carbocycles. The zero-order valence-electron chi connectivity index (χ0n) is 10.3. The molecule has 0 radical (unpaired) electrons. The van der Waals surface area contributed by atoms with E-state index in [4.69, 9.17) is 0 Å². The summed E-state index contributed by atoms with van der Waals surface area (Å²) in [5.41, 5.74) is 0.900. The van der Waals surface area contributed by atoms with Crippen molar-refractivity contribution in [3.05, 3.63) is 33.4 Å². The van der Waals surface area contributed by atoms with E-state index in [1.54, 1.807) is 0 Å². The van der Waals surface area contributed by atoms with Crippen molar-refractivity contribution in [2.75, 3.05) is 0 Å². The first-order chi connectivity index (χ1) is 8.20. The highest BCUT2D eigenvalue weighted by Gasteiger charge is 2.26. The molecule has 0 heterocycles. The maximum atomic E-state index is 12.3. The SMILES string of the molecule is CCC1CCC(C(=O)c2cccc(I)c2)CC1. The molecular formula is C15H19IO. The van der Waals surface area contributed by atoms with Crippen LogP contribution in [0, 0.1) is 15.4 Å². The number of halogens is 1. The van der Waals surface area contributed by atoms with E-state index in [1.165, 1.54) is 19.3 Å². The Morgan fingerprint density at radius 2 is 2.00 bits per heavy atom. The van der Waals surface area contributed by atoms with Gasteiger partial charge in [-0.1, -0.05) is 25.5 Å². The van der Waals surface area contributed by atoms with E-state index in [0.717, 1.165) is 27.9 Å². The molecule has 1 aromatic carbocycles. The molecule has 0 N–H and O–H groups in total. The lowest BCUT2D eigenvalue weighted by Crippen LogP contribution is -2.21. The smallest absolute Gasteiger partial charge is 0.165 e. The Hall–Kier alpha value is -0.380. The average Bonchev–Trinajstić information content (AvgIpc) is 2.38. The van der Waals surface area contributed by atoms with Crippen LogP contribution in [0.25, 0.3) is 0 Å². The summed E-state index contributed by atoms with van der Waals surface area (Å²) in [7, 11) is 0. The van der Waals surface area contributed by atoms with E-state index in [-0.39, 0.29) is 5.92 Å². The van der Waals surface area contributed by atoms with Gasteiger partial charge in [-0.3, -0.25) is 4.79 Å². The maximum Gasteiger partial charge on any atom is 0.165 e. The van der Waals surface area contributed by atoms with Gasteiger partial charge in [0.1, 0.15) is 0 Å². The minimum Gasteiger partial charge on any atom is -0.294 e. The van der Waals surface area contributed by atoms with Crippen molar-refractivity contribution in [1.29, 1.82) is 0 Å². The second-order valence-electron chi connectivity index (χ2n) is 5.00. The van der Waals surface area contributed by atoms with Crippen molar-refractivity contribution in [1.82, 2.24) is 0 Å². The van der Waals surface area contributed by atoms with Crippen molar-refractivity contribution >= 4 is 28.4 Å². The molecule has 1 aliphatic rings. The van der Waals surface area contributed by atoms with Crippen LogP contribution in [0.1, 0.15) is 49.4 Å². The predicted octanol–water partition coefficient (Wildman–Crippen LogP) is 4.69. The van der Waals surface area contributed by atoms with Crippen molar-refractivity contribution in [2.24, 2.45) is 11.8 Å². The second kappa shape index (κ2) is 5.98. The molecule has 0 saturated heterocycles. The molecule has 0 unspecified atom stereocenters. The van der Waals surface area contributed by atoms with E-state index < -0.39 is 0 Å². The highest BCUT2D eigenvalue weighted by Crippen LogP contribution is 2.32. The van der Waals surface area contributed by atoms with E-state index in [1.807, 2.05) is 24.3 Å². The quantitative estimate of drug-likeness (QED) is 0.575. The van der Waals surface area contributed by atoms with Crippen LogP contribution in [0.15, 0.2) is 24.3 Å². The van der Waals surface area contributed by atoms with Gasteiger partial charge in [-0.05, 0) is 66.3 Å². The van der Waals surface area contributed by atoms with Crippen molar-refractivity contribution in [3.63, 3.8) is 0 Å². The van der Waals surface area contributed by atoms with Gasteiger partial charge in [0.15, 0.2) is 5.78 Å². The average molecular weight is 342 g/mol. The minimum atomic E-state index is 0.274. The van der Waals surface area contributed by atoms with Crippen LogP contribution >= 0.6 is 22.6 Å². The Balaban J connectivity index is 2.02. The largest absolute Gasteiger partial charge is 0.294 e. The Morgan fingerprint density at radius 3 is 2.59 bits per heavy atom. The number of benzene rings is 1. The zero-order chi connectivity index (χ0) is 12.3. The molecule has 0 amide bonds. The minimum absolute atomic E-state index is 0.274. The monoisotopic (exact) mass is 342 g/mol. The van der Waals surface area contributed by atoms with Gasteiger partial charge in [0.2, 0.25) is 0 Å². The highest BCUT2D eigenvalue weighted by molar-refractivity contribution is 14.1. The van der Waals surface area contributed by atoms with Gasteiger partial charge in [-0.25, -0.2) is 0 Å². The molecule has 0 spiro atoms. The summed E-state index contributed by atoms with van der Waals surface area (Å²) in [4.78, 5) is 12.3. The molecule has 92 valence electrons. The van der Waals surface area contributed by atoms with E-state index in [9.17, 15) is 4.79 Å². The first-order valence-corrected chi connectivity index (χ1v) is 7.58. The fourth-order valence-electron chi connectivity index (χ4n) is 2.71. The lowest BCUT2D eigenvalue weighted by molar-refractivity contribution is 0.0871. The predicted molar refractivity (Wildman–Crippen MR) is 79.2 cm³/mol. The molecule has 0 atom stereocenters. The summed E-state index contributed by atoms with van der Waals surface area (Å²) in [5.74, 6) is 1.49. The molecule has 2 rings (SSSR count). The van der Waals surface area contributed by atoms with Crippen LogP contribution in [-0.2, 0) is 0 Å². The number of carbonyl (C=O) groups excluding carboxylic acids is 1. The van der Waals surface area contributed by atoms with Gasteiger partial charge in [0.05, 0.1) is 0 Å². The molecule has 1 fully saturated rings. The van der Waals surface area contributed by atoms with Gasteiger partial charge < -0.3 is 0 Å². The number of ketones is 1. The van der Waals surface area contributed by atoms with E-state index in [2.05, 4.69) is 29.5 Å². The molecule has 2 heteroatoms. The Kier molecular flexibility index (Phi) is 4.60. The zero-order valence-corrected chi connectivity index (χ0v) is 12.4. The van der Waals surface area contributed by atoms with E-state index >= 15 is 0 Å². The van der Waals surface area contributed by atoms with Crippen LogP contribution in [-0.4, -0.2) is 5.78 Å². The molecule has 0 aromatic heterocycles. The Bertz CT molecular complexity index is 392. The topological polar surface area (TPSA) is 17.1 Å². The van der Waals surface area contributed by atoms with E-state index in [0.29, 0.717) is 5.78 Å². The number of hydrogen-bond acceptors (Lipinski definition) is 1. The lowest BCUT2D eigenvalue weighted by Gasteiger charge is -2.26. The standard InChI is InChI=1S/C15H19IO/c1-2-11-6-8-12(9-7-11)15(17)13-4-3-5-14(16)10-13/h3-5,10-12H,2,6-9H2,1H3. The van der Waals surface area contributed by atoms with Crippen LogP contribution in [0.3, 0.4) is 0 Å². The number of carbonyl (C=O) groups is 1. The summed E-state index contributed by atoms with van der Waals surface area (Å²) in [6.07, 6.45) is 5.91. The summed E-state index contributed by atoms with van der Waals surface area (Å²) >= 11 is 2.27. The summed E-state index contributed by atoms with van der Waals surface area (Å²) in [6, 6.07) is 7.98. The van der Waals surface area contributed by atoms with Crippen LogP contribution in [0.5, 0.6) is 0 Å². The molecule has 1 nitrogen and oxygen atoms in total. The third kappa shape index (κ3) is 3.30. The van der Waals surface area contributed by atoms with Crippen molar-refractivity contribution in [3.8, 4) is 0 Å². The van der Waals surface area contributed by atoms with Gasteiger partial charge in [0.25, 0.3) is 0 Å². The van der Waals surface area contributed by atoms with Crippen molar-refractivity contribution < 1.29 is 4.79 Å². The molecule has 1 saturated carbocycles. The van der Waals surface area contributed by atoms with Crippen LogP contribution in [0.4, 0.5) is 0 Å². The van der Waals surface area contributed by atoms with Crippen LogP contribution in [0.2, 0.25) is 0 Å². The van der Waals surface area contributed by atoms with Gasteiger partial charge in [-0.15, -0.1) is 0 Å². The first kappa shape index (κ1) is 13.1. The summed E-state index contributed by atoms with van der Waals surface area (Å²) in [5, 5.41) is 0. The molecule has 17 heavy (non-hydrogen) atoms. The van der Waals surface area contributed by atoms with Crippen molar-refractivity contribution in [2.45, 2.75) is 39.0 Å². The maximum absolute atomic E-state index is 12.3. The van der Waals surface area contributed by atoms with Gasteiger partial charge >= 0.3 is 0 Å². The molecule has 1 aromatic rings. The third-order valence-corrected chi connectivity index (χ3v) is 4.58.